The van der Waals surface area contributed by atoms with Crippen LogP contribution in [0.1, 0.15) is 11.1 Å². The van der Waals surface area contributed by atoms with Gasteiger partial charge >= 0.3 is 0 Å². The van der Waals surface area contributed by atoms with Gasteiger partial charge in [0.05, 0.1) is 12.3 Å². The molecule has 0 saturated carbocycles. The van der Waals surface area contributed by atoms with E-state index < -0.39 is 5.91 Å². The lowest BCUT2D eigenvalue weighted by Gasteiger charge is -2.11. The van der Waals surface area contributed by atoms with Gasteiger partial charge in [-0.25, -0.2) is 4.98 Å². The number of carbonyl (C=O) groups is 1. The van der Waals surface area contributed by atoms with Gasteiger partial charge in [-0.1, -0.05) is 53.7 Å². The number of hydrogen-bond acceptors (Lipinski definition) is 5. The first-order chi connectivity index (χ1) is 13.0. The van der Waals surface area contributed by atoms with E-state index in [2.05, 4.69) is 4.98 Å². The molecule has 0 aliphatic carbocycles. The zero-order valence-corrected chi connectivity index (χ0v) is 15.5. The van der Waals surface area contributed by atoms with Crippen molar-refractivity contribution in [3.05, 3.63) is 70.0 Å². The van der Waals surface area contributed by atoms with Gasteiger partial charge in [-0.2, -0.15) is 0 Å². The van der Waals surface area contributed by atoms with Gasteiger partial charge in [0.1, 0.15) is 11.1 Å². The Morgan fingerprint density at radius 3 is 2.67 bits per heavy atom. The number of para-hydroxylation sites is 1. The van der Waals surface area contributed by atoms with Crippen LogP contribution in [0.2, 0.25) is 0 Å². The quantitative estimate of drug-likeness (QED) is 0.425. The number of aromatic nitrogens is 2. The molecule has 0 spiro atoms. The van der Waals surface area contributed by atoms with Crippen LogP contribution < -0.4 is 11.3 Å². The molecule has 27 heavy (non-hydrogen) atoms. The molecule has 0 unspecified atom stereocenters. The molecule has 0 bridgehead atoms. The molecule has 2 N–H and O–H groups in total. The van der Waals surface area contributed by atoms with Gasteiger partial charge < -0.3 is 10.2 Å². The van der Waals surface area contributed by atoms with Gasteiger partial charge in [0.25, 0.3) is 5.56 Å². The second-order valence-electron chi connectivity index (χ2n) is 6.30. The third-order valence-electron chi connectivity index (χ3n) is 4.25. The Morgan fingerprint density at radius 2 is 1.93 bits per heavy atom. The van der Waals surface area contributed by atoms with Gasteiger partial charge in [-0.05, 0) is 24.6 Å². The summed E-state index contributed by atoms with van der Waals surface area (Å²) in [5, 5.41) is 1.21. The molecule has 2 heterocycles. The molecule has 2 aromatic carbocycles. The summed E-state index contributed by atoms with van der Waals surface area (Å²) in [6, 6.07) is 15.3. The fourth-order valence-electron chi connectivity index (χ4n) is 2.91. The normalized spacial score (nSPS) is 11.3. The highest BCUT2D eigenvalue weighted by molar-refractivity contribution is 7.99. The van der Waals surface area contributed by atoms with Crippen molar-refractivity contribution in [2.24, 2.45) is 5.73 Å². The van der Waals surface area contributed by atoms with E-state index in [0.29, 0.717) is 22.8 Å². The number of rotatable bonds is 5. The Hall–Kier alpha value is -3.06. The molecular weight excluding hydrogens is 362 g/mol. The van der Waals surface area contributed by atoms with Gasteiger partial charge in [-0.3, -0.25) is 14.2 Å². The number of aryl methyl sites for hydroxylation is 1. The highest BCUT2D eigenvalue weighted by Crippen LogP contribution is 2.27. The summed E-state index contributed by atoms with van der Waals surface area (Å²) in [6.07, 6.45) is 0. The van der Waals surface area contributed by atoms with Gasteiger partial charge in [-0.15, -0.1) is 0 Å². The van der Waals surface area contributed by atoms with E-state index >= 15 is 0 Å². The maximum atomic E-state index is 13.1. The third-order valence-corrected chi connectivity index (χ3v) is 5.25. The largest absolute Gasteiger partial charge is 0.448 e. The van der Waals surface area contributed by atoms with E-state index in [-0.39, 0.29) is 16.9 Å². The van der Waals surface area contributed by atoms with Crippen molar-refractivity contribution in [3.63, 3.8) is 0 Å². The minimum Gasteiger partial charge on any atom is -0.448 e. The van der Waals surface area contributed by atoms with Crippen molar-refractivity contribution >= 4 is 39.7 Å². The smallest absolute Gasteiger partial charge is 0.298 e. The molecule has 0 atom stereocenters. The molecule has 136 valence electrons. The fraction of sp³-hybridized carbons (Fsp3) is 0.150. The zero-order chi connectivity index (χ0) is 19.0. The van der Waals surface area contributed by atoms with Crippen LogP contribution in [0.15, 0.2) is 62.9 Å². The topological polar surface area (TPSA) is 91.1 Å². The summed E-state index contributed by atoms with van der Waals surface area (Å²) in [4.78, 5) is 29.0. The Balaban J connectivity index is 1.90. The van der Waals surface area contributed by atoms with E-state index in [1.807, 2.05) is 49.4 Å². The lowest BCUT2D eigenvalue weighted by molar-refractivity contribution is -0.115. The Labute approximate surface area is 159 Å². The first-order valence-corrected chi connectivity index (χ1v) is 9.40. The maximum Gasteiger partial charge on any atom is 0.298 e. The Kier molecular flexibility index (Phi) is 4.45. The molecule has 0 radical (unpaired) electrons. The van der Waals surface area contributed by atoms with Crippen LogP contribution >= 0.6 is 11.8 Å². The monoisotopic (exact) mass is 379 g/mol. The van der Waals surface area contributed by atoms with Crippen molar-refractivity contribution in [1.82, 2.24) is 9.55 Å². The van der Waals surface area contributed by atoms with E-state index in [1.165, 1.54) is 4.57 Å². The molecule has 1 amide bonds. The minimum absolute atomic E-state index is 0.0433. The van der Waals surface area contributed by atoms with Crippen molar-refractivity contribution in [2.75, 3.05) is 5.75 Å². The standard InChI is InChI=1S/C20H17N3O3S/c1-12-6-8-13(9-7-12)10-23-19(25)18-17(22-20(23)27-11-16(21)24)14-4-2-3-5-15(14)26-18/h2-9H,10-11H2,1H3,(H2,21,24). The van der Waals surface area contributed by atoms with Crippen molar-refractivity contribution < 1.29 is 9.21 Å². The summed E-state index contributed by atoms with van der Waals surface area (Å²) in [6.45, 7) is 2.34. The molecule has 0 saturated heterocycles. The molecule has 0 aliphatic heterocycles. The molecule has 0 fully saturated rings. The number of amides is 1. The van der Waals surface area contributed by atoms with E-state index in [1.54, 1.807) is 6.07 Å². The highest BCUT2D eigenvalue weighted by Gasteiger charge is 2.18. The van der Waals surface area contributed by atoms with Gasteiger partial charge in [0.15, 0.2) is 5.16 Å². The number of primary amides is 1. The summed E-state index contributed by atoms with van der Waals surface area (Å²) in [5.74, 6) is -0.421. The number of furan rings is 1. The number of nitrogens with two attached hydrogens (primary N) is 1. The summed E-state index contributed by atoms with van der Waals surface area (Å²) < 4.78 is 7.30. The average molecular weight is 379 g/mol. The molecule has 7 heteroatoms. The zero-order valence-electron chi connectivity index (χ0n) is 14.6. The second kappa shape index (κ2) is 6.92. The number of fused-ring (bicyclic) bond motifs is 3. The van der Waals surface area contributed by atoms with Gasteiger partial charge in [0.2, 0.25) is 11.5 Å². The predicted octanol–water partition coefficient (Wildman–Crippen LogP) is 3.08. The molecular formula is C20H17N3O3S. The molecule has 2 aromatic heterocycles. The van der Waals surface area contributed by atoms with Crippen molar-refractivity contribution in [3.8, 4) is 0 Å². The van der Waals surface area contributed by atoms with Gasteiger partial charge in [0, 0.05) is 5.39 Å². The SMILES string of the molecule is Cc1ccc(Cn2c(SCC(N)=O)nc3c(oc4ccccc43)c2=O)cc1. The summed E-state index contributed by atoms with van der Waals surface area (Å²) >= 11 is 1.15. The number of benzene rings is 2. The minimum atomic E-state index is -0.465. The lowest BCUT2D eigenvalue weighted by atomic mass is 10.1. The Morgan fingerprint density at radius 1 is 1.19 bits per heavy atom. The fourth-order valence-corrected chi connectivity index (χ4v) is 3.65. The molecule has 0 aliphatic rings. The van der Waals surface area contributed by atoms with Crippen molar-refractivity contribution in [2.45, 2.75) is 18.6 Å². The molecule has 6 nitrogen and oxygen atoms in total. The van der Waals surface area contributed by atoms with E-state index in [0.717, 1.165) is 28.3 Å². The maximum absolute atomic E-state index is 13.1. The van der Waals surface area contributed by atoms with Crippen LogP contribution in [-0.4, -0.2) is 21.2 Å². The summed E-state index contributed by atoms with van der Waals surface area (Å²) in [7, 11) is 0. The number of thioether (sulfide) groups is 1. The van der Waals surface area contributed by atoms with E-state index in [4.69, 9.17) is 10.2 Å². The van der Waals surface area contributed by atoms with Crippen LogP contribution in [0, 0.1) is 6.92 Å². The van der Waals surface area contributed by atoms with Crippen LogP contribution in [0.25, 0.3) is 22.1 Å². The lowest BCUT2D eigenvalue weighted by Crippen LogP contribution is -2.24. The van der Waals surface area contributed by atoms with Crippen molar-refractivity contribution in [1.29, 1.82) is 0 Å². The van der Waals surface area contributed by atoms with Crippen LogP contribution in [0.4, 0.5) is 0 Å². The average Bonchev–Trinajstić information content (AvgIpc) is 3.03. The third kappa shape index (κ3) is 3.33. The van der Waals surface area contributed by atoms with Crippen LogP contribution in [0.3, 0.4) is 0 Å². The summed E-state index contributed by atoms with van der Waals surface area (Å²) in [5.41, 5.74) is 8.44. The first-order valence-electron chi connectivity index (χ1n) is 8.41. The second-order valence-corrected chi connectivity index (χ2v) is 7.24. The number of carbonyl (C=O) groups excluding carboxylic acids is 1. The van der Waals surface area contributed by atoms with E-state index in [9.17, 15) is 9.59 Å². The Bertz CT molecular complexity index is 1210. The predicted molar refractivity (Wildman–Crippen MR) is 106 cm³/mol. The number of nitrogens with zero attached hydrogens (tertiary/aromatic N) is 2. The molecule has 4 rings (SSSR count). The number of hydrogen-bond donors (Lipinski definition) is 1. The molecule has 4 aromatic rings. The first kappa shape index (κ1) is 17.4. The highest BCUT2D eigenvalue weighted by atomic mass is 32.2. The van der Waals surface area contributed by atoms with Crippen LogP contribution in [-0.2, 0) is 11.3 Å². The van der Waals surface area contributed by atoms with Crippen LogP contribution in [0.5, 0.6) is 0 Å².